The van der Waals surface area contributed by atoms with Crippen molar-refractivity contribution >= 4 is 16.7 Å². The first-order valence-corrected chi connectivity index (χ1v) is 8.86. The molecule has 0 radical (unpaired) electrons. The molecule has 4 N–H and O–H groups in total. The third kappa shape index (κ3) is 32.8. The Balaban J connectivity index is -0.000000740. The van der Waals surface area contributed by atoms with Gasteiger partial charge in [0.25, 0.3) is 0 Å². The van der Waals surface area contributed by atoms with Crippen LogP contribution >= 0.6 is 0 Å². The van der Waals surface area contributed by atoms with Gasteiger partial charge in [0.05, 0.1) is 6.61 Å². The van der Waals surface area contributed by atoms with E-state index in [1.807, 2.05) is 0 Å². The summed E-state index contributed by atoms with van der Waals surface area (Å²) < 4.78 is 33.0. The minimum absolute atomic E-state index is 0. The maximum Gasteiger partial charge on any atom is 0.397 e. The molecule has 0 spiro atoms. The summed E-state index contributed by atoms with van der Waals surface area (Å²) in [5, 5.41) is 0. The topological polar surface area (TPSA) is 116 Å². The van der Waals surface area contributed by atoms with Crippen LogP contribution in [-0.2, 0) is 19.4 Å². The van der Waals surface area contributed by atoms with Gasteiger partial charge < -0.3 is 10.9 Å². The van der Waals surface area contributed by atoms with Crippen LogP contribution in [-0.4, -0.2) is 25.9 Å². The molecule has 0 aliphatic rings. The zero-order valence-corrected chi connectivity index (χ0v) is 14.4. The highest BCUT2D eigenvalue weighted by Crippen LogP contribution is 2.10. The quantitative estimate of drug-likeness (QED) is 0.317. The van der Waals surface area contributed by atoms with Gasteiger partial charge in [0.15, 0.2) is 0 Å². The molecule has 0 amide bonds. The summed E-state index contributed by atoms with van der Waals surface area (Å²) >= 11 is 0. The Hall–Kier alpha value is -0.500. The van der Waals surface area contributed by atoms with Gasteiger partial charge in [0.1, 0.15) is 6.29 Å². The SMILES string of the molecule is CC=O.CCCCCCCCCCCCOS(=O)(=O)O.N. The van der Waals surface area contributed by atoms with E-state index < -0.39 is 10.4 Å². The lowest BCUT2D eigenvalue weighted by molar-refractivity contribution is -0.106. The molecule has 0 saturated carbocycles. The number of rotatable bonds is 12. The van der Waals surface area contributed by atoms with E-state index in [4.69, 9.17) is 9.35 Å². The average molecular weight is 327 g/mol. The highest BCUT2D eigenvalue weighted by atomic mass is 32.3. The van der Waals surface area contributed by atoms with Crippen molar-refractivity contribution in [1.29, 1.82) is 0 Å². The van der Waals surface area contributed by atoms with Gasteiger partial charge in [0.2, 0.25) is 0 Å². The van der Waals surface area contributed by atoms with Crippen LogP contribution in [0.15, 0.2) is 0 Å². The highest BCUT2D eigenvalue weighted by molar-refractivity contribution is 7.80. The molecule has 0 aromatic heterocycles. The Labute approximate surface area is 130 Å². The van der Waals surface area contributed by atoms with Crippen molar-refractivity contribution < 1.29 is 21.9 Å². The van der Waals surface area contributed by atoms with Crippen LogP contribution in [0.25, 0.3) is 0 Å². The predicted octanol–water partition coefficient (Wildman–Crippen LogP) is 4.09. The third-order valence-electron chi connectivity index (χ3n) is 2.73. The molecule has 0 fully saturated rings. The summed E-state index contributed by atoms with van der Waals surface area (Å²) in [4.78, 5) is 8.81. The fourth-order valence-corrected chi connectivity index (χ4v) is 2.08. The molecule has 7 heteroatoms. The molecule has 0 aromatic rings. The van der Waals surface area contributed by atoms with Crippen LogP contribution < -0.4 is 6.15 Å². The molecule has 0 bridgehead atoms. The molecular weight excluding hydrogens is 294 g/mol. The summed E-state index contributed by atoms with van der Waals surface area (Å²) in [6, 6.07) is 0. The summed E-state index contributed by atoms with van der Waals surface area (Å²) in [6.07, 6.45) is 12.6. The number of hydrogen-bond donors (Lipinski definition) is 2. The first-order valence-electron chi connectivity index (χ1n) is 7.49. The lowest BCUT2D eigenvalue weighted by atomic mass is 10.1. The van der Waals surface area contributed by atoms with Crippen LogP contribution in [0.4, 0.5) is 0 Å². The molecule has 0 atom stereocenters. The maximum atomic E-state index is 10.2. The van der Waals surface area contributed by atoms with Crippen LogP contribution in [0.3, 0.4) is 0 Å². The van der Waals surface area contributed by atoms with Crippen LogP contribution in [0.2, 0.25) is 0 Å². The van der Waals surface area contributed by atoms with Crippen molar-refractivity contribution in [1.82, 2.24) is 6.15 Å². The zero-order valence-electron chi connectivity index (χ0n) is 13.6. The maximum absolute atomic E-state index is 10.2. The minimum atomic E-state index is -4.23. The smallest absolute Gasteiger partial charge is 0.344 e. The normalized spacial score (nSPS) is 10.2. The monoisotopic (exact) mass is 327 g/mol. The third-order valence-corrected chi connectivity index (χ3v) is 3.19. The number of aldehydes is 1. The lowest BCUT2D eigenvalue weighted by Gasteiger charge is -2.02. The standard InChI is InChI=1S/C12H26O4S.C2H4O.H3N/c1-2-3-4-5-6-7-8-9-10-11-12-16-17(13,14)15;1-2-3;/h2-12H2,1H3,(H,13,14,15);2H,1H3;1H3. The van der Waals surface area contributed by atoms with E-state index in [1.54, 1.807) is 0 Å². The van der Waals surface area contributed by atoms with E-state index in [0.717, 1.165) is 19.1 Å². The summed E-state index contributed by atoms with van der Waals surface area (Å²) in [7, 11) is -4.23. The van der Waals surface area contributed by atoms with Gasteiger partial charge in [-0.3, -0.25) is 4.55 Å². The van der Waals surface area contributed by atoms with E-state index in [2.05, 4.69) is 11.1 Å². The van der Waals surface area contributed by atoms with Gasteiger partial charge in [-0.25, -0.2) is 4.18 Å². The Morgan fingerprint density at radius 1 is 0.905 bits per heavy atom. The average Bonchev–Trinajstić information content (AvgIpc) is 2.35. The van der Waals surface area contributed by atoms with Crippen molar-refractivity contribution in [2.45, 2.75) is 78.1 Å². The largest absolute Gasteiger partial charge is 0.397 e. The number of carbonyl (C=O) groups is 1. The molecule has 0 heterocycles. The molecule has 0 aliphatic heterocycles. The predicted molar refractivity (Wildman–Crippen MR) is 86.1 cm³/mol. The molecule has 6 nitrogen and oxygen atoms in total. The second-order valence-electron chi connectivity index (χ2n) is 4.67. The molecule has 0 aromatic carbocycles. The van der Waals surface area contributed by atoms with Gasteiger partial charge in [-0.1, -0.05) is 64.7 Å². The fraction of sp³-hybridized carbons (Fsp3) is 0.929. The van der Waals surface area contributed by atoms with Crippen molar-refractivity contribution in [2.75, 3.05) is 6.61 Å². The summed E-state index contributed by atoms with van der Waals surface area (Å²) in [5.41, 5.74) is 0. The molecular formula is C14H33NO5S. The van der Waals surface area contributed by atoms with E-state index in [-0.39, 0.29) is 12.8 Å². The van der Waals surface area contributed by atoms with Crippen LogP contribution in [0, 0.1) is 0 Å². The summed E-state index contributed by atoms with van der Waals surface area (Å²) in [6.45, 7) is 3.75. The van der Waals surface area contributed by atoms with Crippen molar-refractivity contribution in [3.8, 4) is 0 Å². The van der Waals surface area contributed by atoms with E-state index >= 15 is 0 Å². The van der Waals surface area contributed by atoms with E-state index in [0.29, 0.717) is 6.42 Å². The Kier molecular flexibility index (Phi) is 23.6. The fourth-order valence-electron chi connectivity index (χ4n) is 1.75. The van der Waals surface area contributed by atoms with Crippen LogP contribution in [0.5, 0.6) is 0 Å². The molecule has 0 saturated heterocycles. The number of carbonyl (C=O) groups excluding carboxylic acids is 1. The van der Waals surface area contributed by atoms with E-state index in [9.17, 15) is 8.42 Å². The van der Waals surface area contributed by atoms with Gasteiger partial charge in [0, 0.05) is 0 Å². The van der Waals surface area contributed by atoms with Crippen molar-refractivity contribution in [2.24, 2.45) is 0 Å². The highest BCUT2D eigenvalue weighted by Gasteiger charge is 2.02. The second-order valence-corrected chi connectivity index (χ2v) is 5.76. The van der Waals surface area contributed by atoms with Crippen molar-refractivity contribution in [3.63, 3.8) is 0 Å². The first-order chi connectivity index (χ1) is 9.47. The number of hydrogen-bond acceptors (Lipinski definition) is 5. The number of unbranched alkanes of at least 4 members (excludes halogenated alkanes) is 9. The van der Waals surface area contributed by atoms with Crippen molar-refractivity contribution in [3.05, 3.63) is 0 Å². The lowest BCUT2D eigenvalue weighted by Crippen LogP contribution is -2.04. The molecule has 0 aliphatic carbocycles. The Morgan fingerprint density at radius 3 is 1.57 bits per heavy atom. The van der Waals surface area contributed by atoms with Gasteiger partial charge >= 0.3 is 10.4 Å². The van der Waals surface area contributed by atoms with Crippen LogP contribution in [0.1, 0.15) is 78.1 Å². The second kappa shape index (κ2) is 19.5. The summed E-state index contributed by atoms with van der Waals surface area (Å²) in [5.74, 6) is 0. The van der Waals surface area contributed by atoms with Gasteiger partial charge in [-0.15, -0.1) is 0 Å². The molecule has 0 unspecified atom stereocenters. The Morgan fingerprint density at radius 2 is 1.24 bits per heavy atom. The zero-order chi connectivity index (χ0) is 15.7. The van der Waals surface area contributed by atoms with E-state index in [1.165, 1.54) is 51.9 Å². The molecule has 21 heavy (non-hydrogen) atoms. The van der Waals surface area contributed by atoms with Gasteiger partial charge in [-0.2, -0.15) is 8.42 Å². The molecule has 0 rings (SSSR count). The Bertz CT molecular complexity index is 294. The minimum Gasteiger partial charge on any atom is -0.344 e. The van der Waals surface area contributed by atoms with Gasteiger partial charge in [-0.05, 0) is 13.3 Å². The molecule has 130 valence electrons. The first kappa shape index (κ1) is 25.5.